The minimum absolute atomic E-state index is 0.166. The molecule has 2 rings (SSSR count). The van der Waals surface area contributed by atoms with Gasteiger partial charge in [0.05, 0.1) is 18.1 Å². The Morgan fingerprint density at radius 2 is 2.00 bits per heavy atom. The smallest absolute Gasteiger partial charge is 0.345 e. The van der Waals surface area contributed by atoms with Crippen molar-refractivity contribution in [2.75, 3.05) is 26.8 Å². The standard InChI is InChI=1S/C12H15NO5S/c1-13(5-4-10-17-6-7-18-10)11(14)8-2-3-9(19-8)12(15)16/h2-3,10H,4-7H2,1H3,(H,15,16). The van der Waals surface area contributed by atoms with Crippen molar-refractivity contribution >= 4 is 23.2 Å². The lowest BCUT2D eigenvalue weighted by atomic mass is 10.3. The van der Waals surface area contributed by atoms with Crippen LogP contribution in [0.2, 0.25) is 0 Å². The van der Waals surface area contributed by atoms with Crippen molar-refractivity contribution in [2.45, 2.75) is 12.7 Å². The summed E-state index contributed by atoms with van der Waals surface area (Å²) >= 11 is 0.982. The third-order valence-corrected chi connectivity index (χ3v) is 3.83. The normalized spacial score (nSPS) is 15.6. The minimum Gasteiger partial charge on any atom is -0.477 e. The lowest BCUT2D eigenvalue weighted by Gasteiger charge is -2.18. The van der Waals surface area contributed by atoms with Crippen LogP contribution < -0.4 is 0 Å². The third kappa shape index (κ3) is 3.52. The van der Waals surface area contributed by atoms with Gasteiger partial charge in [0.25, 0.3) is 5.91 Å². The van der Waals surface area contributed by atoms with Crippen molar-refractivity contribution in [3.8, 4) is 0 Å². The number of carbonyl (C=O) groups is 2. The molecule has 0 radical (unpaired) electrons. The van der Waals surface area contributed by atoms with E-state index >= 15 is 0 Å². The molecular weight excluding hydrogens is 270 g/mol. The van der Waals surface area contributed by atoms with Gasteiger partial charge in [0.15, 0.2) is 6.29 Å². The molecule has 1 saturated heterocycles. The van der Waals surface area contributed by atoms with Crippen molar-refractivity contribution in [2.24, 2.45) is 0 Å². The second kappa shape index (κ2) is 6.14. The molecule has 1 aromatic rings. The number of nitrogens with zero attached hydrogens (tertiary/aromatic N) is 1. The van der Waals surface area contributed by atoms with E-state index in [4.69, 9.17) is 14.6 Å². The molecule has 0 spiro atoms. The second-order valence-corrected chi connectivity index (χ2v) is 5.24. The largest absolute Gasteiger partial charge is 0.477 e. The Morgan fingerprint density at radius 3 is 2.58 bits per heavy atom. The Labute approximate surface area is 114 Å². The first kappa shape index (κ1) is 14.0. The SMILES string of the molecule is CN(CCC1OCCO1)C(=O)c1ccc(C(=O)O)s1. The quantitative estimate of drug-likeness (QED) is 0.882. The van der Waals surface area contributed by atoms with E-state index in [0.717, 1.165) is 11.3 Å². The van der Waals surface area contributed by atoms with Crippen LogP contribution in [0.15, 0.2) is 12.1 Å². The molecule has 19 heavy (non-hydrogen) atoms. The predicted molar refractivity (Wildman–Crippen MR) is 68.5 cm³/mol. The minimum atomic E-state index is -1.01. The fraction of sp³-hybridized carbons (Fsp3) is 0.500. The summed E-state index contributed by atoms with van der Waals surface area (Å²) in [6, 6.07) is 2.98. The molecule has 1 fully saturated rings. The zero-order valence-corrected chi connectivity index (χ0v) is 11.3. The molecule has 104 valence electrons. The van der Waals surface area contributed by atoms with Gasteiger partial charge in [-0.05, 0) is 12.1 Å². The first-order valence-corrected chi connectivity index (χ1v) is 6.71. The summed E-state index contributed by atoms with van der Waals surface area (Å²) in [6.07, 6.45) is 0.368. The fourth-order valence-electron chi connectivity index (χ4n) is 1.73. The van der Waals surface area contributed by atoms with Crippen LogP contribution in [-0.2, 0) is 9.47 Å². The molecule has 1 amide bonds. The molecule has 0 atom stereocenters. The van der Waals surface area contributed by atoms with Crippen LogP contribution >= 0.6 is 11.3 Å². The molecule has 0 aromatic carbocycles. The summed E-state index contributed by atoms with van der Waals surface area (Å²) in [6.45, 7) is 1.69. The molecule has 0 bridgehead atoms. The van der Waals surface area contributed by atoms with E-state index in [1.165, 1.54) is 12.1 Å². The number of hydrogen-bond acceptors (Lipinski definition) is 5. The molecular formula is C12H15NO5S. The van der Waals surface area contributed by atoms with Crippen LogP contribution in [0.3, 0.4) is 0 Å². The van der Waals surface area contributed by atoms with Crippen LogP contribution in [0.4, 0.5) is 0 Å². The van der Waals surface area contributed by atoms with E-state index in [2.05, 4.69) is 0 Å². The summed E-state index contributed by atoms with van der Waals surface area (Å²) in [5.74, 6) is -1.20. The van der Waals surface area contributed by atoms with E-state index < -0.39 is 5.97 Å². The first-order valence-electron chi connectivity index (χ1n) is 5.89. The second-order valence-electron chi connectivity index (χ2n) is 4.16. The van der Waals surface area contributed by atoms with E-state index in [1.807, 2.05) is 0 Å². The van der Waals surface area contributed by atoms with Gasteiger partial charge >= 0.3 is 5.97 Å². The lowest BCUT2D eigenvalue weighted by Crippen LogP contribution is -2.29. The van der Waals surface area contributed by atoms with E-state index in [-0.39, 0.29) is 17.1 Å². The molecule has 2 heterocycles. The van der Waals surface area contributed by atoms with Gasteiger partial charge in [0.1, 0.15) is 4.88 Å². The van der Waals surface area contributed by atoms with Crippen molar-refractivity contribution in [1.82, 2.24) is 4.90 Å². The molecule has 6 nitrogen and oxygen atoms in total. The van der Waals surface area contributed by atoms with Gasteiger partial charge < -0.3 is 19.5 Å². The van der Waals surface area contributed by atoms with Gasteiger partial charge in [-0.15, -0.1) is 11.3 Å². The number of ether oxygens (including phenoxy) is 2. The molecule has 1 aliphatic rings. The topological polar surface area (TPSA) is 76.1 Å². The Kier molecular flexibility index (Phi) is 4.52. The van der Waals surface area contributed by atoms with Gasteiger partial charge in [-0.2, -0.15) is 0 Å². The van der Waals surface area contributed by atoms with Crippen molar-refractivity contribution < 1.29 is 24.2 Å². The first-order chi connectivity index (χ1) is 9.08. The maximum atomic E-state index is 12.0. The number of rotatable bonds is 5. The van der Waals surface area contributed by atoms with Gasteiger partial charge in [-0.3, -0.25) is 4.79 Å². The number of hydrogen-bond donors (Lipinski definition) is 1. The lowest BCUT2D eigenvalue weighted by molar-refractivity contribution is -0.0494. The molecule has 0 saturated carbocycles. The monoisotopic (exact) mass is 285 g/mol. The zero-order valence-electron chi connectivity index (χ0n) is 10.5. The molecule has 1 aromatic heterocycles. The van der Waals surface area contributed by atoms with Crippen LogP contribution in [0.1, 0.15) is 25.8 Å². The number of carboxylic acid groups (broad SMARTS) is 1. The Bertz CT molecular complexity index is 466. The highest BCUT2D eigenvalue weighted by Gasteiger charge is 2.20. The van der Waals surface area contributed by atoms with Crippen molar-refractivity contribution in [3.05, 3.63) is 21.9 Å². The fourth-order valence-corrected chi connectivity index (χ4v) is 2.57. The molecule has 7 heteroatoms. The summed E-state index contributed by atoms with van der Waals surface area (Å²) in [4.78, 5) is 24.9. The average molecular weight is 285 g/mol. The van der Waals surface area contributed by atoms with E-state index in [9.17, 15) is 9.59 Å². The van der Waals surface area contributed by atoms with Crippen LogP contribution in [0, 0.1) is 0 Å². The van der Waals surface area contributed by atoms with Crippen molar-refractivity contribution in [3.63, 3.8) is 0 Å². The highest BCUT2D eigenvalue weighted by atomic mass is 32.1. The Balaban J connectivity index is 1.88. The zero-order chi connectivity index (χ0) is 13.8. The molecule has 1 aliphatic heterocycles. The number of thiophene rings is 1. The number of carbonyl (C=O) groups excluding carboxylic acids is 1. The molecule has 1 N–H and O–H groups in total. The van der Waals surface area contributed by atoms with Crippen molar-refractivity contribution in [1.29, 1.82) is 0 Å². The van der Waals surface area contributed by atoms with Gasteiger partial charge in [0.2, 0.25) is 0 Å². The van der Waals surface area contributed by atoms with Crippen LogP contribution in [0.5, 0.6) is 0 Å². The van der Waals surface area contributed by atoms with E-state index in [0.29, 0.717) is 31.1 Å². The Morgan fingerprint density at radius 1 is 1.37 bits per heavy atom. The number of carboxylic acids is 1. The Hall–Kier alpha value is -1.44. The van der Waals surface area contributed by atoms with Gasteiger partial charge in [-0.1, -0.05) is 0 Å². The molecule has 0 unspecified atom stereocenters. The van der Waals surface area contributed by atoms with Gasteiger partial charge in [-0.25, -0.2) is 4.79 Å². The summed E-state index contributed by atoms with van der Waals surface area (Å²) in [7, 11) is 1.68. The third-order valence-electron chi connectivity index (χ3n) is 2.77. The maximum absolute atomic E-state index is 12.0. The van der Waals surface area contributed by atoms with Crippen LogP contribution in [-0.4, -0.2) is 55.0 Å². The summed E-state index contributed by atoms with van der Waals surface area (Å²) in [5, 5.41) is 8.82. The van der Waals surface area contributed by atoms with Crippen LogP contribution in [0.25, 0.3) is 0 Å². The summed E-state index contributed by atoms with van der Waals surface area (Å²) in [5.41, 5.74) is 0. The van der Waals surface area contributed by atoms with E-state index in [1.54, 1.807) is 11.9 Å². The maximum Gasteiger partial charge on any atom is 0.345 e. The average Bonchev–Trinajstić information content (AvgIpc) is 3.05. The summed E-state index contributed by atoms with van der Waals surface area (Å²) < 4.78 is 10.6. The molecule has 0 aliphatic carbocycles. The predicted octanol–water partition coefficient (Wildman–Crippen LogP) is 1.28. The highest BCUT2D eigenvalue weighted by Crippen LogP contribution is 2.18. The highest BCUT2D eigenvalue weighted by molar-refractivity contribution is 7.15. The number of aromatic carboxylic acids is 1. The van der Waals surface area contributed by atoms with Gasteiger partial charge in [0, 0.05) is 20.0 Å². The number of amides is 1.